The summed E-state index contributed by atoms with van der Waals surface area (Å²) in [5, 5.41) is 9.47. The zero-order chi connectivity index (χ0) is 5.98. The summed E-state index contributed by atoms with van der Waals surface area (Å²) in [5.74, 6) is 0. The standard InChI is InChI=1S/C2HN3O2Se/c6-8(7)2-1-3-5-4-2/h1H. The van der Waals surface area contributed by atoms with Gasteiger partial charge in [-0.3, -0.25) is 0 Å². The first-order valence-electron chi connectivity index (χ1n) is 1.71. The quantitative estimate of drug-likeness (QED) is 0.469. The van der Waals surface area contributed by atoms with Gasteiger partial charge in [-0.05, 0) is 0 Å². The minimum absolute atomic E-state index is 0.0231. The van der Waals surface area contributed by atoms with Crippen molar-refractivity contribution in [1.29, 1.82) is 0 Å². The molecule has 0 atom stereocenters. The van der Waals surface area contributed by atoms with Crippen molar-refractivity contribution in [3.05, 3.63) is 0 Å². The van der Waals surface area contributed by atoms with Crippen LogP contribution in [0, 0.1) is 0 Å². The molecule has 1 aliphatic rings. The molecule has 1 heterocycles. The first-order chi connectivity index (χ1) is 3.80. The normalized spacial score (nSPS) is 15.2. The van der Waals surface area contributed by atoms with Gasteiger partial charge in [-0.2, -0.15) is 0 Å². The van der Waals surface area contributed by atoms with Crippen molar-refractivity contribution in [2.75, 3.05) is 0 Å². The van der Waals surface area contributed by atoms with Crippen LogP contribution in [0.1, 0.15) is 0 Å². The summed E-state index contributed by atoms with van der Waals surface area (Å²) in [6, 6.07) is 0. The van der Waals surface area contributed by atoms with Gasteiger partial charge >= 0.3 is 47.2 Å². The van der Waals surface area contributed by atoms with Gasteiger partial charge in [0.1, 0.15) is 0 Å². The van der Waals surface area contributed by atoms with E-state index in [2.05, 4.69) is 15.4 Å². The molecular weight excluding hydrogens is 177 g/mol. The first kappa shape index (κ1) is 5.40. The summed E-state index contributed by atoms with van der Waals surface area (Å²) in [6.45, 7) is 0. The molecule has 0 saturated carbocycles. The molecule has 0 aromatic carbocycles. The van der Waals surface area contributed by atoms with Crippen LogP contribution in [0.15, 0.2) is 15.4 Å². The van der Waals surface area contributed by atoms with Gasteiger partial charge in [-0.25, -0.2) is 0 Å². The number of hydrogen-bond acceptors (Lipinski definition) is 5. The van der Waals surface area contributed by atoms with E-state index in [1.807, 2.05) is 0 Å². The van der Waals surface area contributed by atoms with Crippen LogP contribution in [0.3, 0.4) is 0 Å². The molecule has 6 heteroatoms. The molecular formula is C2HN3O2Se. The molecule has 1 rings (SSSR count). The zero-order valence-corrected chi connectivity index (χ0v) is 5.36. The van der Waals surface area contributed by atoms with Crippen molar-refractivity contribution in [1.82, 2.24) is 0 Å². The zero-order valence-electron chi connectivity index (χ0n) is 3.64. The van der Waals surface area contributed by atoms with E-state index in [4.69, 9.17) is 0 Å². The van der Waals surface area contributed by atoms with Gasteiger partial charge in [-0.15, -0.1) is 0 Å². The summed E-state index contributed by atoms with van der Waals surface area (Å²) >= 11 is -3.10. The van der Waals surface area contributed by atoms with E-state index in [9.17, 15) is 7.67 Å². The van der Waals surface area contributed by atoms with Crippen molar-refractivity contribution in [3.63, 3.8) is 0 Å². The van der Waals surface area contributed by atoms with Crippen molar-refractivity contribution >= 4 is 24.1 Å². The summed E-state index contributed by atoms with van der Waals surface area (Å²) < 4.78 is 20.0. The summed E-state index contributed by atoms with van der Waals surface area (Å²) in [5.41, 5.74) is 0. The third-order valence-electron chi connectivity index (χ3n) is 0.534. The molecule has 0 unspecified atom stereocenters. The molecule has 0 saturated heterocycles. The van der Waals surface area contributed by atoms with Crippen LogP contribution in [0.4, 0.5) is 0 Å². The van der Waals surface area contributed by atoms with Gasteiger partial charge in [0.2, 0.25) is 0 Å². The predicted molar refractivity (Wildman–Crippen MR) is 25.5 cm³/mol. The van der Waals surface area contributed by atoms with Crippen molar-refractivity contribution < 1.29 is 7.67 Å². The van der Waals surface area contributed by atoms with E-state index in [1.165, 1.54) is 0 Å². The second kappa shape index (κ2) is 2.02. The van der Waals surface area contributed by atoms with Crippen molar-refractivity contribution in [2.24, 2.45) is 15.4 Å². The third kappa shape index (κ3) is 0.907. The van der Waals surface area contributed by atoms with Gasteiger partial charge in [0, 0.05) is 0 Å². The Morgan fingerprint density at radius 2 is 2.25 bits per heavy atom. The molecule has 0 amide bonds. The molecule has 0 radical (unpaired) electrons. The van der Waals surface area contributed by atoms with Crippen LogP contribution in [-0.2, 0) is 7.67 Å². The Morgan fingerprint density at radius 3 is 2.50 bits per heavy atom. The SMILES string of the molecule is O=[Se](=O)=C1C=NN=N1. The van der Waals surface area contributed by atoms with E-state index >= 15 is 0 Å². The molecule has 1 aliphatic heterocycles. The van der Waals surface area contributed by atoms with Gasteiger partial charge in [0.15, 0.2) is 0 Å². The van der Waals surface area contributed by atoms with Crippen LogP contribution in [-0.4, -0.2) is 24.1 Å². The molecule has 0 N–H and O–H groups in total. The van der Waals surface area contributed by atoms with Crippen LogP contribution >= 0.6 is 0 Å². The second-order valence-electron chi connectivity index (χ2n) is 1.01. The average Bonchev–Trinajstić information content (AvgIpc) is 2.12. The van der Waals surface area contributed by atoms with Crippen molar-refractivity contribution in [3.8, 4) is 0 Å². The summed E-state index contributed by atoms with van der Waals surface area (Å²) in [7, 11) is 0. The fourth-order valence-corrected chi connectivity index (χ4v) is 0.743. The van der Waals surface area contributed by atoms with Crippen LogP contribution < -0.4 is 0 Å². The molecule has 0 aliphatic carbocycles. The monoisotopic (exact) mass is 179 g/mol. The molecule has 0 spiro atoms. The van der Waals surface area contributed by atoms with E-state index in [-0.39, 0.29) is 4.54 Å². The van der Waals surface area contributed by atoms with Gasteiger partial charge in [-0.1, -0.05) is 0 Å². The van der Waals surface area contributed by atoms with Gasteiger partial charge in [0.25, 0.3) is 0 Å². The topological polar surface area (TPSA) is 71.2 Å². The Morgan fingerprint density at radius 1 is 1.50 bits per heavy atom. The Bertz CT molecular complexity index is 250. The number of hydrogen-bond donors (Lipinski definition) is 0. The molecule has 8 heavy (non-hydrogen) atoms. The van der Waals surface area contributed by atoms with E-state index < -0.39 is 13.3 Å². The maximum atomic E-state index is 10.0. The average molecular weight is 178 g/mol. The maximum absolute atomic E-state index is 10.0. The molecule has 42 valence electrons. The van der Waals surface area contributed by atoms with Gasteiger partial charge in [0.05, 0.1) is 0 Å². The molecule has 0 bridgehead atoms. The molecule has 0 aromatic rings. The van der Waals surface area contributed by atoms with E-state index in [1.54, 1.807) is 0 Å². The summed E-state index contributed by atoms with van der Waals surface area (Å²) in [6.07, 6.45) is 1.12. The van der Waals surface area contributed by atoms with Crippen LogP contribution in [0.5, 0.6) is 0 Å². The van der Waals surface area contributed by atoms with Crippen LogP contribution in [0.2, 0.25) is 0 Å². The molecule has 0 fully saturated rings. The predicted octanol–water partition coefficient (Wildman–Crippen LogP) is -0.501. The Labute approximate surface area is 47.9 Å². The second-order valence-corrected chi connectivity index (χ2v) is 2.87. The fraction of sp³-hybridized carbons (Fsp3) is 0. The number of nitrogens with zero attached hydrogens (tertiary/aromatic N) is 3. The fourth-order valence-electron chi connectivity index (χ4n) is 0.247. The van der Waals surface area contributed by atoms with E-state index in [0.717, 1.165) is 6.21 Å². The van der Waals surface area contributed by atoms with Crippen molar-refractivity contribution in [2.45, 2.75) is 0 Å². The summed E-state index contributed by atoms with van der Waals surface area (Å²) in [4.78, 5) is 0. The van der Waals surface area contributed by atoms with E-state index in [0.29, 0.717) is 0 Å². The Balaban J connectivity index is 3.29. The molecule has 0 aromatic heterocycles. The first-order valence-corrected chi connectivity index (χ1v) is 3.96. The third-order valence-corrected chi connectivity index (χ3v) is 1.64. The van der Waals surface area contributed by atoms with Crippen LogP contribution in [0.25, 0.3) is 0 Å². The Hall–Kier alpha value is -0.741. The minimum atomic E-state index is -3.10. The Kier molecular flexibility index (Phi) is 1.36. The molecule has 5 nitrogen and oxygen atoms in total. The number of rotatable bonds is 0. The van der Waals surface area contributed by atoms with Gasteiger partial charge < -0.3 is 0 Å².